The molecule has 162 valence electrons. The maximum atomic E-state index is 12.2. The lowest BCUT2D eigenvalue weighted by molar-refractivity contribution is 0.0996. The van der Waals surface area contributed by atoms with Crippen molar-refractivity contribution in [2.24, 2.45) is 4.99 Å². The first-order chi connectivity index (χ1) is 15.2. The second-order valence-corrected chi connectivity index (χ2v) is 6.82. The highest BCUT2D eigenvalue weighted by Gasteiger charge is 2.09. The molecule has 7 nitrogen and oxygen atoms in total. The minimum atomic E-state index is -0.281. The number of carbonyl (C=O) groups excluding carboxylic acids is 1. The van der Waals surface area contributed by atoms with E-state index in [1.54, 1.807) is 19.2 Å². The molecule has 0 aliphatic rings. The predicted molar refractivity (Wildman–Crippen MR) is 123 cm³/mol. The summed E-state index contributed by atoms with van der Waals surface area (Å²) in [7, 11) is 1.68. The fourth-order valence-corrected chi connectivity index (χ4v) is 3.09. The Labute approximate surface area is 182 Å². The van der Waals surface area contributed by atoms with Crippen LogP contribution in [0.15, 0.2) is 76.3 Å². The minimum absolute atomic E-state index is 0.275. The highest BCUT2D eigenvalue weighted by atomic mass is 16.5. The van der Waals surface area contributed by atoms with Crippen LogP contribution in [0.2, 0.25) is 0 Å². The second-order valence-electron chi connectivity index (χ2n) is 6.82. The molecule has 1 amide bonds. The van der Waals surface area contributed by atoms with Gasteiger partial charge in [-0.25, -0.2) is 4.99 Å². The Morgan fingerprint density at radius 2 is 1.94 bits per heavy atom. The lowest BCUT2D eigenvalue weighted by Crippen LogP contribution is -2.38. The number of benzene rings is 2. The lowest BCUT2D eigenvalue weighted by atomic mass is 10.1. The van der Waals surface area contributed by atoms with Crippen LogP contribution in [0.5, 0.6) is 5.75 Å². The van der Waals surface area contributed by atoms with Gasteiger partial charge in [0, 0.05) is 18.8 Å². The van der Waals surface area contributed by atoms with E-state index in [4.69, 9.17) is 9.15 Å². The summed E-state index contributed by atoms with van der Waals surface area (Å²) in [6, 6.07) is 18.9. The first kappa shape index (κ1) is 22.0. The van der Waals surface area contributed by atoms with Gasteiger partial charge in [0.05, 0.1) is 19.9 Å². The zero-order valence-corrected chi connectivity index (χ0v) is 17.9. The summed E-state index contributed by atoms with van der Waals surface area (Å²) in [6.45, 7) is 4.00. The Kier molecular flexibility index (Phi) is 8.11. The summed E-state index contributed by atoms with van der Waals surface area (Å²) in [6.07, 6.45) is 2.30. The molecule has 0 unspecified atom stereocenters. The molecule has 0 aliphatic carbocycles. The largest absolute Gasteiger partial charge is 0.496 e. The van der Waals surface area contributed by atoms with E-state index >= 15 is 0 Å². The third kappa shape index (κ3) is 6.64. The van der Waals surface area contributed by atoms with Crippen molar-refractivity contribution in [3.05, 3.63) is 83.8 Å². The molecule has 0 bridgehead atoms. The van der Waals surface area contributed by atoms with E-state index in [1.807, 2.05) is 49.4 Å². The van der Waals surface area contributed by atoms with Crippen LogP contribution in [0.1, 0.15) is 28.6 Å². The number of aliphatic imine (C=N–C) groups is 1. The van der Waals surface area contributed by atoms with Crippen LogP contribution in [0.25, 0.3) is 0 Å². The highest BCUT2D eigenvalue weighted by Crippen LogP contribution is 2.17. The number of amides is 1. The van der Waals surface area contributed by atoms with Crippen molar-refractivity contribution in [3.8, 4) is 5.75 Å². The third-order valence-corrected chi connectivity index (χ3v) is 4.57. The van der Waals surface area contributed by atoms with Crippen molar-refractivity contribution in [3.63, 3.8) is 0 Å². The Morgan fingerprint density at radius 3 is 2.71 bits per heavy atom. The Hall–Kier alpha value is -3.74. The van der Waals surface area contributed by atoms with Gasteiger partial charge < -0.3 is 25.1 Å². The SMILES string of the molecule is CCNC(=NCc1cccc(NC(=O)c2ccco2)c1)NCCc1ccccc1OC. The molecule has 1 heterocycles. The van der Waals surface area contributed by atoms with E-state index in [0.29, 0.717) is 12.2 Å². The molecular weight excluding hydrogens is 392 g/mol. The molecule has 31 heavy (non-hydrogen) atoms. The van der Waals surface area contributed by atoms with Crippen molar-refractivity contribution in [2.45, 2.75) is 19.9 Å². The van der Waals surface area contributed by atoms with Gasteiger partial charge in [-0.1, -0.05) is 30.3 Å². The number of anilines is 1. The molecule has 3 rings (SSSR count). The molecule has 3 N–H and O–H groups in total. The monoisotopic (exact) mass is 420 g/mol. The van der Waals surface area contributed by atoms with Crippen LogP contribution in [-0.2, 0) is 13.0 Å². The van der Waals surface area contributed by atoms with E-state index in [1.165, 1.54) is 6.26 Å². The summed E-state index contributed by atoms with van der Waals surface area (Å²) in [5.41, 5.74) is 2.83. The van der Waals surface area contributed by atoms with Gasteiger partial charge in [-0.2, -0.15) is 0 Å². The predicted octanol–water partition coefficient (Wildman–Crippen LogP) is 3.84. The summed E-state index contributed by atoms with van der Waals surface area (Å²) in [5.74, 6) is 1.62. The molecule has 0 atom stereocenters. The van der Waals surface area contributed by atoms with Gasteiger partial charge in [0.15, 0.2) is 11.7 Å². The van der Waals surface area contributed by atoms with E-state index in [0.717, 1.165) is 42.3 Å². The number of hydrogen-bond donors (Lipinski definition) is 3. The van der Waals surface area contributed by atoms with Crippen LogP contribution < -0.4 is 20.7 Å². The fourth-order valence-electron chi connectivity index (χ4n) is 3.09. The van der Waals surface area contributed by atoms with Crippen LogP contribution >= 0.6 is 0 Å². The molecule has 1 aromatic heterocycles. The quantitative estimate of drug-likeness (QED) is 0.362. The van der Waals surface area contributed by atoms with Crippen molar-refractivity contribution in [1.82, 2.24) is 10.6 Å². The van der Waals surface area contributed by atoms with Gasteiger partial charge >= 0.3 is 0 Å². The smallest absolute Gasteiger partial charge is 0.291 e. The molecule has 2 aromatic carbocycles. The topological polar surface area (TPSA) is 87.9 Å². The molecule has 0 radical (unpaired) electrons. The molecule has 3 aromatic rings. The Balaban J connectivity index is 1.57. The Morgan fingerprint density at radius 1 is 1.06 bits per heavy atom. The summed E-state index contributed by atoms with van der Waals surface area (Å²) >= 11 is 0. The highest BCUT2D eigenvalue weighted by molar-refractivity contribution is 6.02. The summed E-state index contributed by atoms with van der Waals surface area (Å²) in [4.78, 5) is 16.8. The van der Waals surface area contributed by atoms with E-state index in [2.05, 4.69) is 27.0 Å². The normalized spacial score (nSPS) is 11.1. The van der Waals surface area contributed by atoms with Crippen molar-refractivity contribution in [1.29, 1.82) is 0 Å². The molecule has 0 saturated heterocycles. The van der Waals surface area contributed by atoms with Crippen LogP contribution in [0, 0.1) is 0 Å². The van der Waals surface area contributed by atoms with Gasteiger partial charge in [0.2, 0.25) is 0 Å². The zero-order chi connectivity index (χ0) is 21.9. The molecule has 0 spiro atoms. The average molecular weight is 421 g/mol. The van der Waals surface area contributed by atoms with Gasteiger partial charge in [0.25, 0.3) is 5.91 Å². The lowest BCUT2D eigenvalue weighted by Gasteiger charge is -2.13. The number of carbonyl (C=O) groups is 1. The number of nitrogens with zero attached hydrogens (tertiary/aromatic N) is 1. The number of furan rings is 1. The summed E-state index contributed by atoms with van der Waals surface area (Å²) in [5, 5.41) is 9.45. The standard InChI is InChI=1S/C24H28N4O3/c1-3-25-24(26-14-13-19-9-4-5-11-21(19)30-2)27-17-18-8-6-10-20(16-18)28-23(29)22-12-7-15-31-22/h4-12,15-16H,3,13-14,17H2,1-2H3,(H,28,29)(H2,25,26,27). The van der Waals surface area contributed by atoms with Crippen molar-refractivity contribution < 1.29 is 13.9 Å². The van der Waals surface area contributed by atoms with E-state index in [-0.39, 0.29) is 11.7 Å². The van der Waals surface area contributed by atoms with Crippen LogP contribution in [-0.4, -0.2) is 32.1 Å². The van der Waals surface area contributed by atoms with Gasteiger partial charge in [-0.3, -0.25) is 4.79 Å². The van der Waals surface area contributed by atoms with E-state index < -0.39 is 0 Å². The number of para-hydroxylation sites is 1. The van der Waals surface area contributed by atoms with Gasteiger partial charge in [-0.15, -0.1) is 0 Å². The maximum Gasteiger partial charge on any atom is 0.291 e. The van der Waals surface area contributed by atoms with Gasteiger partial charge in [0.1, 0.15) is 5.75 Å². The molecule has 7 heteroatoms. The number of nitrogens with one attached hydrogen (secondary N) is 3. The maximum absolute atomic E-state index is 12.2. The first-order valence-electron chi connectivity index (χ1n) is 10.3. The first-order valence-corrected chi connectivity index (χ1v) is 10.3. The Bertz CT molecular complexity index is 1000. The summed E-state index contributed by atoms with van der Waals surface area (Å²) < 4.78 is 10.5. The number of guanidine groups is 1. The van der Waals surface area contributed by atoms with Crippen LogP contribution in [0.3, 0.4) is 0 Å². The average Bonchev–Trinajstić information content (AvgIpc) is 3.33. The number of hydrogen-bond acceptors (Lipinski definition) is 4. The molecule has 0 aliphatic heterocycles. The van der Waals surface area contributed by atoms with Crippen LogP contribution in [0.4, 0.5) is 5.69 Å². The second kappa shape index (κ2) is 11.4. The zero-order valence-electron chi connectivity index (χ0n) is 17.9. The minimum Gasteiger partial charge on any atom is -0.496 e. The van der Waals surface area contributed by atoms with Crippen molar-refractivity contribution in [2.75, 3.05) is 25.5 Å². The molecule has 0 saturated carbocycles. The fraction of sp³-hybridized carbons (Fsp3) is 0.250. The van der Waals surface area contributed by atoms with Crippen molar-refractivity contribution >= 4 is 17.6 Å². The van der Waals surface area contributed by atoms with Gasteiger partial charge in [-0.05, 0) is 54.8 Å². The molecular formula is C24H28N4O3. The molecule has 0 fully saturated rings. The third-order valence-electron chi connectivity index (χ3n) is 4.57. The number of ether oxygens (including phenoxy) is 1. The number of rotatable bonds is 9. The van der Waals surface area contributed by atoms with E-state index in [9.17, 15) is 4.79 Å². The number of methoxy groups -OCH3 is 1.